The molecule has 1 fully saturated rings. The van der Waals surface area contributed by atoms with Crippen LogP contribution in [0.1, 0.15) is 34.3 Å². The molecule has 0 amide bonds. The molecule has 0 saturated heterocycles. The molecule has 102 valence electrons. The first-order valence-electron chi connectivity index (χ1n) is 6.70. The van der Waals surface area contributed by atoms with Crippen molar-refractivity contribution in [3.63, 3.8) is 0 Å². The van der Waals surface area contributed by atoms with Gasteiger partial charge in [-0.3, -0.25) is 4.79 Å². The van der Waals surface area contributed by atoms with Gasteiger partial charge in [-0.1, -0.05) is 12.1 Å². The second-order valence-electron chi connectivity index (χ2n) is 5.50. The molecule has 2 N–H and O–H groups in total. The van der Waals surface area contributed by atoms with Gasteiger partial charge in [-0.05, 0) is 61.2 Å². The average Bonchev–Trinajstić information content (AvgIpc) is 3.23. The molecule has 2 nitrogen and oxygen atoms in total. The van der Waals surface area contributed by atoms with Crippen LogP contribution in [-0.2, 0) is 5.41 Å². The number of aryl methyl sites for hydroxylation is 1. The molecule has 0 atom stereocenters. The van der Waals surface area contributed by atoms with E-state index in [4.69, 9.17) is 5.73 Å². The summed E-state index contributed by atoms with van der Waals surface area (Å²) in [5.41, 5.74) is 8.03. The van der Waals surface area contributed by atoms with E-state index in [1.165, 1.54) is 6.07 Å². The number of rotatable bonds is 3. The Morgan fingerprint density at radius 2 is 1.80 bits per heavy atom. The lowest BCUT2D eigenvalue weighted by molar-refractivity contribution is 0.0946. The Labute approximate surface area is 117 Å². The van der Waals surface area contributed by atoms with Crippen LogP contribution in [0.15, 0.2) is 42.5 Å². The highest BCUT2D eigenvalue weighted by Crippen LogP contribution is 2.50. The van der Waals surface area contributed by atoms with Crippen molar-refractivity contribution < 1.29 is 9.18 Å². The first-order chi connectivity index (χ1) is 9.53. The number of carbonyl (C=O) groups excluding carboxylic acids is 1. The van der Waals surface area contributed by atoms with Crippen molar-refractivity contribution in [3.8, 4) is 0 Å². The predicted octanol–water partition coefficient (Wildman–Crippen LogP) is 3.63. The molecule has 0 heterocycles. The molecule has 0 bridgehead atoms. The second kappa shape index (κ2) is 4.44. The number of Topliss-reactive ketones (excluding diaryl/α,β-unsaturated/α-hetero) is 1. The number of anilines is 1. The van der Waals surface area contributed by atoms with E-state index >= 15 is 0 Å². The number of hydrogen-bond acceptors (Lipinski definition) is 2. The molecule has 2 aromatic carbocycles. The first kappa shape index (κ1) is 12.9. The van der Waals surface area contributed by atoms with Crippen LogP contribution >= 0.6 is 0 Å². The van der Waals surface area contributed by atoms with Crippen LogP contribution in [0.25, 0.3) is 0 Å². The van der Waals surface area contributed by atoms with E-state index in [0.717, 1.165) is 18.4 Å². The van der Waals surface area contributed by atoms with Gasteiger partial charge in [-0.25, -0.2) is 4.39 Å². The SMILES string of the molecule is Cc1cc(C(=O)C2(c3ccc(N)cc3)CC2)ccc1F. The van der Waals surface area contributed by atoms with Crippen LogP contribution < -0.4 is 5.73 Å². The Kier molecular flexibility index (Phi) is 2.85. The lowest BCUT2D eigenvalue weighted by Gasteiger charge is -2.15. The molecule has 1 aliphatic rings. The first-order valence-corrected chi connectivity index (χ1v) is 6.70. The van der Waals surface area contributed by atoms with Gasteiger partial charge in [0.2, 0.25) is 0 Å². The summed E-state index contributed by atoms with van der Waals surface area (Å²) in [6.45, 7) is 1.68. The van der Waals surface area contributed by atoms with Crippen LogP contribution in [0.4, 0.5) is 10.1 Å². The summed E-state index contributed by atoms with van der Waals surface area (Å²) in [6.07, 6.45) is 1.68. The van der Waals surface area contributed by atoms with Crippen molar-refractivity contribution in [1.29, 1.82) is 0 Å². The fraction of sp³-hybridized carbons (Fsp3) is 0.235. The smallest absolute Gasteiger partial charge is 0.173 e. The van der Waals surface area contributed by atoms with Gasteiger partial charge in [-0.15, -0.1) is 0 Å². The highest BCUT2D eigenvalue weighted by Gasteiger charge is 2.51. The van der Waals surface area contributed by atoms with Gasteiger partial charge in [0, 0.05) is 11.3 Å². The predicted molar refractivity (Wildman–Crippen MR) is 77.2 cm³/mol. The lowest BCUT2D eigenvalue weighted by atomic mass is 9.87. The number of carbonyl (C=O) groups is 1. The van der Waals surface area contributed by atoms with E-state index in [-0.39, 0.29) is 11.6 Å². The van der Waals surface area contributed by atoms with Crippen molar-refractivity contribution in [2.75, 3.05) is 5.73 Å². The summed E-state index contributed by atoms with van der Waals surface area (Å²) in [4.78, 5) is 12.7. The lowest BCUT2D eigenvalue weighted by Crippen LogP contribution is -2.20. The van der Waals surface area contributed by atoms with Crippen LogP contribution in [0.3, 0.4) is 0 Å². The number of nitrogen functional groups attached to an aromatic ring is 1. The van der Waals surface area contributed by atoms with E-state index in [9.17, 15) is 9.18 Å². The van der Waals surface area contributed by atoms with Gasteiger partial charge in [0.1, 0.15) is 5.82 Å². The molecule has 3 heteroatoms. The van der Waals surface area contributed by atoms with E-state index in [0.29, 0.717) is 16.8 Å². The van der Waals surface area contributed by atoms with Crippen LogP contribution in [-0.4, -0.2) is 5.78 Å². The molecule has 20 heavy (non-hydrogen) atoms. The minimum absolute atomic E-state index is 0.0744. The molecule has 0 unspecified atom stereocenters. The summed E-state index contributed by atoms with van der Waals surface area (Å²) in [5, 5.41) is 0. The molecule has 0 aliphatic heterocycles. The van der Waals surface area contributed by atoms with E-state index < -0.39 is 5.41 Å². The molecule has 0 spiro atoms. The van der Waals surface area contributed by atoms with Crippen LogP contribution in [0.2, 0.25) is 0 Å². The fourth-order valence-electron chi connectivity index (χ4n) is 2.64. The van der Waals surface area contributed by atoms with Gasteiger partial charge in [0.05, 0.1) is 5.41 Å². The number of nitrogens with two attached hydrogens (primary N) is 1. The average molecular weight is 269 g/mol. The summed E-state index contributed by atoms with van der Waals surface area (Å²) in [7, 11) is 0. The third kappa shape index (κ3) is 1.99. The zero-order valence-corrected chi connectivity index (χ0v) is 11.3. The standard InChI is InChI=1S/C17H16FNO/c1-11-10-12(2-7-15(11)18)16(20)17(8-9-17)13-3-5-14(19)6-4-13/h2-7,10H,8-9,19H2,1H3. The van der Waals surface area contributed by atoms with Crippen LogP contribution in [0.5, 0.6) is 0 Å². The number of ketones is 1. The zero-order valence-electron chi connectivity index (χ0n) is 11.3. The zero-order chi connectivity index (χ0) is 14.3. The van der Waals surface area contributed by atoms with Gasteiger partial charge in [-0.2, -0.15) is 0 Å². The number of halogens is 1. The molecule has 1 saturated carbocycles. The van der Waals surface area contributed by atoms with Gasteiger partial charge >= 0.3 is 0 Å². The second-order valence-corrected chi connectivity index (χ2v) is 5.50. The minimum atomic E-state index is -0.433. The summed E-state index contributed by atoms with van der Waals surface area (Å²) >= 11 is 0. The van der Waals surface area contributed by atoms with Crippen molar-refractivity contribution in [1.82, 2.24) is 0 Å². The highest BCUT2D eigenvalue weighted by molar-refractivity contribution is 6.06. The molecule has 0 aromatic heterocycles. The number of benzene rings is 2. The summed E-state index contributed by atoms with van der Waals surface area (Å²) < 4.78 is 13.3. The largest absolute Gasteiger partial charge is 0.399 e. The van der Waals surface area contributed by atoms with Crippen molar-refractivity contribution >= 4 is 11.5 Å². The maximum Gasteiger partial charge on any atom is 0.173 e. The van der Waals surface area contributed by atoms with Crippen molar-refractivity contribution in [2.24, 2.45) is 0 Å². The molecular weight excluding hydrogens is 253 g/mol. The van der Waals surface area contributed by atoms with Crippen molar-refractivity contribution in [2.45, 2.75) is 25.2 Å². The Balaban J connectivity index is 1.97. The Bertz CT molecular complexity index is 672. The Morgan fingerprint density at radius 1 is 1.15 bits per heavy atom. The normalized spacial score (nSPS) is 15.9. The topological polar surface area (TPSA) is 43.1 Å². The van der Waals surface area contributed by atoms with Crippen LogP contribution in [0, 0.1) is 12.7 Å². The van der Waals surface area contributed by atoms with Gasteiger partial charge in [0.25, 0.3) is 0 Å². The van der Waals surface area contributed by atoms with Crippen molar-refractivity contribution in [3.05, 3.63) is 65.0 Å². The van der Waals surface area contributed by atoms with E-state index in [1.807, 2.05) is 24.3 Å². The van der Waals surface area contributed by atoms with Gasteiger partial charge < -0.3 is 5.73 Å². The number of hydrogen-bond donors (Lipinski definition) is 1. The third-order valence-corrected chi connectivity index (χ3v) is 4.07. The Morgan fingerprint density at radius 3 is 2.35 bits per heavy atom. The maximum atomic E-state index is 13.3. The highest BCUT2D eigenvalue weighted by atomic mass is 19.1. The third-order valence-electron chi connectivity index (χ3n) is 4.07. The molecular formula is C17H16FNO. The molecule has 1 aliphatic carbocycles. The Hall–Kier alpha value is -2.16. The van der Waals surface area contributed by atoms with E-state index in [2.05, 4.69) is 0 Å². The summed E-state index contributed by atoms with van der Waals surface area (Å²) in [6, 6.07) is 12.0. The molecule has 0 radical (unpaired) electrons. The fourth-order valence-corrected chi connectivity index (χ4v) is 2.64. The maximum absolute atomic E-state index is 13.3. The van der Waals surface area contributed by atoms with E-state index in [1.54, 1.807) is 19.1 Å². The monoisotopic (exact) mass is 269 g/mol. The summed E-state index contributed by atoms with van der Waals surface area (Å²) in [5.74, 6) is -0.204. The van der Waals surface area contributed by atoms with Gasteiger partial charge in [0.15, 0.2) is 5.78 Å². The molecule has 3 rings (SSSR count). The molecule has 2 aromatic rings. The minimum Gasteiger partial charge on any atom is -0.399 e. The quantitative estimate of drug-likeness (QED) is 0.683.